The lowest BCUT2D eigenvalue weighted by molar-refractivity contribution is 1.14. The van der Waals surface area contributed by atoms with Gasteiger partial charge in [0.25, 0.3) is 0 Å². The molecule has 0 saturated heterocycles. The van der Waals surface area contributed by atoms with Crippen molar-refractivity contribution in [1.29, 1.82) is 0 Å². The Hall–Kier alpha value is -7.82. The molecular formula is C58H42N4. The van der Waals surface area contributed by atoms with E-state index >= 15 is 0 Å². The van der Waals surface area contributed by atoms with Crippen molar-refractivity contribution >= 4 is 110 Å². The molecule has 0 unspecified atom stereocenters. The third-order valence-corrected chi connectivity index (χ3v) is 13.5. The summed E-state index contributed by atoms with van der Waals surface area (Å²) in [5.41, 5.74) is 17.0. The van der Waals surface area contributed by atoms with Crippen LogP contribution >= 0.6 is 0 Å². The monoisotopic (exact) mass is 794 g/mol. The second-order valence-electron chi connectivity index (χ2n) is 16.7. The summed E-state index contributed by atoms with van der Waals surface area (Å²) in [4.78, 5) is 4.87. The van der Waals surface area contributed by atoms with E-state index in [9.17, 15) is 0 Å². The number of benzene rings is 9. The number of aromatic nitrogens is 2. The SMILES string of the molecule is CCc1ccc(N(c2ccccc2)c2ccc3c4cc5c(cc4n4c6ccccc6c2c34)c2ccc(N(c3ccccc3)c3ccc(CC)cc3)c3c4ccccc4n5c23)cc1. The highest BCUT2D eigenvalue weighted by molar-refractivity contribution is 6.32. The van der Waals surface area contributed by atoms with Crippen LogP contribution in [0.1, 0.15) is 25.0 Å². The first-order valence-electron chi connectivity index (χ1n) is 21.9. The number of fused-ring (bicyclic) bond motifs is 12. The smallest absolute Gasteiger partial charge is 0.0641 e. The van der Waals surface area contributed by atoms with Gasteiger partial charge in [-0.1, -0.05) is 123 Å². The van der Waals surface area contributed by atoms with Gasteiger partial charge in [0.05, 0.1) is 44.5 Å². The Morgan fingerprint density at radius 2 is 0.694 bits per heavy atom. The van der Waals surface area contributed by atoms with Gasteiger partial charge in [-0.25, -0.2) is 0 Å². The van der Waals surface area contributed by atoms with Crippen LogP contribution in [-0.2, 0) is 12.8 Å². The lowest BCUT2D eigenvalue weighted by atomic mass is 10.0. The van der Waals surface area contributed by atoms with Crippen molar-refractivity contribution in [2.45, 2.75) is 26.7 Å². The zero-order chi connectivity index (χ0) is 41.1. The van der Waals surface area contributed by atoms with Crippen LogP contribution in [0.5, 0.6) is 0 Å². The number of aryl methyl sites for hydroxylation is 2. The van der Waals surface area contributed by atoms with Crippen LogP contribution in [0.2, 0.25) is 0 Å². The third kappa shape index (κ3) is 4.83. The van der Waals surface area contributed by atoms with E-state index in [4.69, 9.17) is 0 Å². The Balaban J connectivity index is 1.11. The molecule has 0 bridgehead atoms. The Kier molecular flexibility index (Phi) is 7.53. The van der Waals surface area contributed by atoms with Crippen molar-refractivity contribution in [3.05, 3.63) is 205 Å². The number of nitrogens with zero attached hydrogens (tertiary/aromatic N) is 4. The Morgan fingerprint density at radius 3 is 1.10 bits per heavy atom. The van der Waals surface area contributed by atoms with Gasteiger partial charge in [-0.3, -0.25) is 0 Å². The Bertz CT molecular complexity index is 3550. The number of hydrogen-bond acceptors (Lipinski definition) is 2. The largest absolute Gasteiger partial charge is 0.310 e. The van der Waals surface area contributed by atoms with Crippen molar-refractivity contribution in [2.24, 2.45) is 0 Å². The summed E-state index contributed by atoms with van der Waals surface area (Å²) in [5, 5.41) is 10.1. The van der Waals surface area contributed by atoms with Crippen LogP contribution < -0.4 is 9.80 Å². The average Bonchev–Trinajstić information content (AvgIpc) is 4.06. The van der Waals surface area contributed by atoms with Crippen LogP contribution in [-0.4, -0.2) is 8.80 Å². The van der Waals surface area contributed by atoms with Crippen molar-refractivity contribution in [2.75, 3.05) is 9.80 Å². The lowest BCUT2D eigenvalue weighted by Gasteiger charge is -2.26. The molecule has 13 aromatic rings. The maximum atomic E-state index is 2.54. The third-order valence-electron chi connectivity index (χ3n) is 13.5. The summed E-state index contributed by atoms with van der Waals surface area (Å²) in [6.45, 7) is 4.43. The van der Waals surface area contributed by atoms with E-state index in [0.29, 0.717) is 0 Å². The molecule has 4 heterocycles. The standard InChI is InChI=1S/C58H42N4/c1-3-37-23-27-41(28-24-37)59(39-15-7-5-8-16-39)51-33-31-43-47-35-54-48(36-53(47)61-49-21-13-11-19-45(49)55(51)57(43)61)44-32-34-52(56-46-20-12-14-22-50(46)62(54)58(44)56)60(40-17-9-6-10-18-40)42-29-25-38(4-2)26-30-42/h5-36H,3-4H2,1-2H3. The van der Waals surface area contributed by atoms with Gasteiger partial charge in [0.15, 0.2) is 0 Å². The topological polar surface area (TPSA) is 15.3 Å². The minimum atomic E-state index is 1.01. The van der Waals surface area contributed by atoms with Gasteiger partial charge < -0.3 is 18.6 Å². The molecule has 62 heavy (non-hydrogen) atoms. The predicted molar refractivity (Wildman–Crippen MR) is 264 cm³/mol. The van der Waals surface area contributed by atoms with Gasteiger partial charge in [-0.2, -0.15) is 0 Å². The number of rotatable bonds is 8. The molecule has 0 atom stereocenters. The van der Waals surface area contributed by atoms with E-state index in [2.05, 4.69) is 227 Å². The first-order valence-corrected chi connectivity index (χ1v) is 21.9. The van der Waals surface area contributed by atoms with Gasteiger partial charge in [0, 0.05) is 65.8 Å². The van der Waals surface area contributed by atoms with Crippen LogP contribution in [0.3, 0.4) is 0 Å². The predicted octanol–water partition coefficient (Wildman–Crippen LogP) is 16.1. The highest BCUT2D eigenvalue weighted by Gasteiger charge is 2.27. The average molecular weight is 795 g/mol. The fourth-order valence-corrected chi connectivity index (χ4v) is 10.6. The van der Waals surface area contributed by atoms with Crippen LogP contribution in [0.4, 0.5) is 34.1 Å². The van der Waals surface area contributed by atoms with Crippen LogP contribution in [0.25, 0.3) is 76.2 Å². The van der Waals surface area contributed by atoms with Gasteiger partial charge in [-0.15, -0.1) is 0 Å². The molecule has 4 aromatic heterocycles. The molecule has 13 rings (SSSR count). The fraction of sp³-hybridized carbons (Fsp3) is 0.0690. The zero-order valence-corrected chi connectivity index (χ0v) is 34.7. The molecule has 294 valence electrons. The summed E-state index contributed by atoms with van der Waals surface area (Å²) in [7, 11) is 0. The summed E-state index contributed by atoms with van der Waals surface area (Å²) < 4.78 is 5.08. The zero-order valence-electron chi connectivity index (χ0n) is 34.7. The molecule has 9 aromatic carbocycles. The molecule has 0 fully saturated rings. The van der Waals surface area contributed by atoms with Gasteiger partial charge in [0.2, 0.25) is 0 Å². The van der Waals surface area contributed by atoms with E-state index in [1.807, 2.05) is 0 Å². The first-order chi connectivity index (χ1) is 30.7. The molecule has 0 aliphatic rings. The minimum absolute atomic E-state index is 1.01. The van der Waals surface area contributed by atoms with Gasteiger partial charge in [0.1, 0.15) is 0 Å². The molecule has 0 spiro atoms. The highest BCUT2D eigenvalue weighted by Crippen LogP contribution is 2.51. The second kappa shape index (κ2) is 13.3. The Labute approximate surface area is 359 Å². The van der Waals surface area contributed by atoms with Gasteiger partial charge >= 0.3 is 0 Å². The van der Waals surface area contributed by atoms with E-state index < -0.39 is 0 Å². The van der Waals surface area contributed by atoms with Crippen LogP contribution in [0, 0.1) is 0 Å². The van der Waals surface area contributed by atoms with Crippen molar-refractivity contribution < 1.29 is 0 Å². The number of para-hydroxylation sites is 4. The minimum Gasteiger partial charge on any atom is -0.310 e. The maximum absolute atomic E-state index is 2.54. The second-order valence-corrected chi connectivity index (χ2v) is 16.7. The van der Waals surface area contributed by atoms with Crippen LogP contribution in [0.15, 0.2) is 194 Å². The summed E-state index contributed by atoms with van der Waals surface area (Å²) in [5.74, 6) is 0. The van der Waals surface area contributed by atoms with E-state index in [1.54, 1.807) is 0 Å². The van der Waals surface area contributed by atoms with Crippen molar-refractivity contribution in [1.82, 2.24) is 8.80 Å². The molecule has 0 N–H and O–H groups in total. The number of anilines is 6. The van der Waals surface area contributed by atoms with E-state index in [0.717, 1.165) is 35.6 Å². The molecular weight excluding hydrogens is 753 g/mol. The Morgan fingerprint density at radius 1 is 0.323 bits per heavy atom. The summed E-state index contributed by atoms with van der Waals surface area (Å²) in [6.07, 6.45) is 2.02. The quantitative estimate of drug-likeness (QED) is 0.152. The lowest BCUT2D eigenvalue weighted by Crippen LogP contribution is -2.10. The first kappa shape index (κ1) is 35.0. The highest BCUT2D eigenvalue weighted by atomic mass is 15.2. The summed E-state index contributed by atoms with van der Waals surface area (Å²) in [6, 6.07) is 72.1. The van der Waals surface area contributed by atoms with Crippen molar-refractivity contribution in [3.63, 3.8) is 0 Å². The molecule has 0 saturated carbocycles. The fourth-order valence-electron chi connectivity index (χ4n) is 10.6. The molecule has 0 aliphatic heterocycles. The molecule has 0 aliphatic carbocycles. The molecule has 4 nitrogen and oxygen atoms in total. The number of hydrogen-bond donors (Lipinski definition) is 0. The molecule has 0 radical (unpaired) electrons. The summed E-state index contributed by atoms with van der Waals surface area (Å²) >= 11 is 0. The van der Waals surface area contributed by atoms with E-state index in [1.165, 1.54) is 98.7 Å². The molecule has 0 amide bonds. The normalized spacial score (nSPS) is 12.2. The van der Waals surface area contributed by atoms with E-state index in [-0.39, 0.29) is 0 Å². The maximum Gasteiger partial charge on any atom is 0.0641 e. The van der Waals surface area contributed by atoms with Gasteiger partial charge in [-0.05, 0) is 109 Å². The van der Waals surface area contributed by atoms with Crippen molar-refractivity contribution in [3.8, 4) is 0 Å². The molecule has 4 heteroatoms.